The molecular formula is C18H33IN4O2S. The van der Waals surface area contributed by atoms with Crippen LogP contribution in [0, 0.1) is 5.92 Å². The zero-order valence-corrected chi connectivity index (χ0v) is 19.6. The van der Waals surface area contributed by atoms with E-state index in [0.29, 0.717) is 17.4 Å². The lowest BCUT2D eigenvalue weighted by Crippen LogP contribution is -2.37. The molecule has 0 bridgehead atoms. The van der Waals surface area contributed by atoms with Gasteiger partial charge in [-0.2, -0.15) is 0 Å². The summed E-state index contributed by atoms with van der Waals surface area (Å²) in [5.74, 6) is 1.41. The van der Waals surface area contributed by atoms with E-state index in [1.807, 2.05) is 12.1 Å². The molecule has 0 amide bonds. The molecule has 0 spiro atoms. The summed E-state index contributed by atoms with van der Waals surface area (Å²) in [6, 6.07) is 7.03. The summed E-state index contributed by atoms with van der Waals surface area (Å²) < 4.78 is 26.1. The maximum atomic E-state index is 12.4. The highest BCUT2D eigenvalue weighted by Gasteiger charge is 2.20. The van der Waals surface area contributed by atoms with Crippen molar-refractivity contribution in [3.63, 3.8) is 0 Å². The van der Waals surface area contributed by atoms with Gasteiger partial charge in [-0.1, -0.05) is 44.9 Å². The van der Waals surface area contributed by atoms with Crippen LogP contribution in [0.3, 0.4) is 0 Å². The van der Waals surface area contributed by atoms with E-state index in [2.05, 4.69) is 29.5 Å². The van der Waals surface area contributed by atoms with Gasteiger partial charge in [-0.05, 0) is 24.0 Å². The zero-order chi connectivity index (χ0) is 18.9. The maximum Gasteiger partial charge on any atom is 0.242 e. The Hall–Kier alpha value is -0.870. The number of hydrogen-bond acceptors (Lipinski definition) is 3. The third-order valence-corrected chi connectivity index (χ3v) is 5.82. The number of rotatable bonds is 9. The first-order valence-corrected chi connectivity index (χ1v) is 10.2. The van der Waals surface area contributed by atoms with Crippen molar-refractivity contribution in [2.45, 2.75) is 44.6 Å². The third-order valence-electron chi connectivity index (χ3n) is 3.90. The smallest absolute Gasteiger partial charge is 0.242 e. The number of benzene rings is 1. The van der Waals surface area contributed by atoms with E-state index in [1.165, 1.54) is 31.2 Å². The number of nitrogens with zero attached hydrogens (tertiary/aromatic N) is 2. The van der Waals surface area contributed by atoms with Crippen LogP contribution in [0.2, 0.25) is 0 Å². The van der Waals surface area contributed by atoms with Gasteiger partial charge in [0.05, 0.1) is 4.90 Å². The Labute approximate surface area is 175 Å². The van der Waals surface area contributed by atoms with E-state index in [0.717, 1.165) is 24.4 Å². The molecule has 150 valence electrons. The first-order valence-electron chi connectivity index (χ1n) is 8.74. The summed E-state index contributed by atoms with van der Waals surface area (Å²) in [7, 11) is 1.33. The minimum Gasteiger partial charge on any atom is -0.356 e. The van der Waals surface area contributed by atoms with E-state index < -0.39 is 10.0 Å². The fraction of sp³-hybridized carbons (Fsp3) is 0.611. The van der Waals surface area contributed by atoms with Gasteiger partial charge in [0.25, 0.3) is 0 Å². The normalized spacial score (nSPS) is 12.2. The van der Waals surface area contributed by atoms with Crippen molar-refractivity contribution in [2.24, 2.45) is 10.9 Å². The molecule has 0 saturated heterocycles. The Bertz CT molecular complexity index is 661. The number of sulfonamides is 1. The molecule has 0 unspecified atom stereocenters. The van der Waals surface area contributed by atoms with Crippen LogP contribution in [-0.4, -0.2) is 46.4 Å². The lowest BCUT2D eigenvalue weighted by Gasteiger charge is -2.17. The fourth-order valence-electron chi connectivity index (χ4n) is 2.38. The Morgan fingerprint density at radius 3 is 2.38 bits per heavy atom. The highest BCUT2D eigenvalue weighted by Crippen LogP contribution is 2.18. The number of aliphatic imine (C=N–C) groups is 1. The number of guanidine groups is 1. The Morgan fingerprint density at radius 1 is 1.15 bits per heavy atom. The summed E-state index contributed by atoms with van der Waals surface area (Å²) in [5, 5.41) is 6.47. The standard InChI is InChI=1S/C18H32N4O2S.HI/c1-15(2)10-8-9-13-20-18(19-3)21-14-16-11-6-7-12-17(16)25(23,24)22(4)5;/h6-7,11-12,15H,8-10,13-14H2,1-5H3,(H2,19,20,21);1H. The van der Waals surface area contributed by atoms with Crippen molar-refractivity contribution < 1.29 is 8.42 Å². The Kier molecular flexibility index (Phi) is 12.1. The maximum absolute atomic E-state index is 12.4. The second-order valence-electron chi connectivity index (χ2n) is 6.64. The van der Waals surface area contributed by atoms with Crippen LogP contribution < -0.4 is 10.6 Å². The second kappa shape index (κ2) is 12.5. The third kappa shape index (κ3) is 8.22. The summed E-state index contributed by atoms with van der Waals surface area (Å²) in [5.41, 5.74) is 0.721. The molecule has 0 aliphatic rings. The zero-order valence-electron chi connectivity index (χ0n) is 16.4. The van der Waals surface area contributed by atoms with Gasteiger partial charge in [0, 0.05) is 34.2 Å². The van der Waals surface area contributed by atoms with Crippen molar-refractivity contribution in [1.82, 2.24) is 14.9 Å². The molecule has 26 heavy (non-hydrogen) atoms. The lowest BCUT2D eigenvalue weighted by molar-refractivity contribution is 0.519. The molecule has 2 N–H and O–H groups in total. The quantitative estimate of drug-likeness (QED) is 0.239. The lowest BCUT2D eigenvalue weighted by atomic mass is 10.1. The van der Waals surface area contributed by atoms with Crippen molar-refractivity contribution in [3.05, 3.63) is 29.8 Å². The average molecular weight is 496 g/mol. The second-order valence-corrected chi connectivity index (χ2v) is 8.76. The van der Waals surface area contributed by atoms with Crippen molar-refractivity contribution >= 4 is 40.0 Å². The van der Waals surface area contributed by atoms with Gasteiger partial charge in [0.1, 0.15) is 0 Å². The summed E-state index contributed by atoms with van der Waals surface area (Å²) in [6.07, 6.45) is 3.50. The SMILES string of the molecule is CN=C(NCCCCC(C)C)NCc1ccccc1S(=O)(=O)N(C)C.I. The van der Waals surface area contributed by atoms with Crippen LogP contribution in [0.5, 0.6) is 0 Å². The monoisotopic (exact) mass is 496 g/mol. The Balaban J connectivity index is 0.00000625. The summed E-state index contributed by atoms with van der Waals surface area (Å²) >= 11 is 0. The van der Waals surface area contributed by atoms with Crippen molar-refractivity contribution in [2.75, 3.05) is 27.7 Å². The molecule has 1 aromatic rings. The van der Waals surface area contributed by atoms with Crippen LogP contribution in [0.15, 0.2) is 34.2 Å². The topological polar surface area (TPSA) is 73.8 Å². The average Bonchev–Trinajstić information content (AvgIpc) is 2.57. The van der Waals surface area contributed by atoms with Gasteiger partial charge in [-0.3, -0.25) is 4.99 Å². The van der Waals surface area contributed by atoms with E-state index in [4.69, 9.17) is 0 Å². The van der Waals surface area contributed by atoms with Gasteiger partial charge in [0.2, 0.25) is 10.0 Å². The molecule has 0 aliphatic heterocycles. The van der Waals surface area contributed by atoms with Crippen molar-refractivity contribution in [3.8, 4) is 0 Å². The first kappa shape index (κ1) is 25.1. The van der Waals surface area contributed by atoms with Crippen LogP contribution in [-0.2, 0) is 16.6 Å². The molecule has 0 heterocycles. The van der Waals surface area contributed by atoms with Crippen LogP contribution in [0.1, 0.15) is 38.7 Å². The number of halogens is 1. The van der Waals surface area contributed by atoms with Crippen LogP contribution >= 0.6 is 24.0 Å². The molecule has 1 aromatic carbocycles. The molecule has 0 atom stereocenters. The van der Waals surface area contributed by atoms with Crippen LogP contribution in [0.4, 0.5) is 0 Å². The Morgan fingerprint density at radius 2 is 1.81 bits per heavy atom. The largest absolute Gasteiger partial charge is 0.356 e. The molecular weight excluding hydrogens is 463 g/mol. The predicted octanol–water partition coefficient (Wildman–Crippen LogP) is 3.05. The highest BCUT2D eigenvalue weighted by atomic mass is 127. The van der Waals surface area contributed by atoms with E-state index in [-0.39, 0.29) is 24.0 Å². The number of hydrogen-bond donors (Lipinski definition) is 2. The molecule has 1 rings (SSSR count). The van der Waals surface area contributed by atoms with Gasteiger partial charge < -0.3 is 10.6 Å². The highest BCUT2D eigenvalue weighted by molar-refractivity contribution is 14.0. The van der Waals surface area contributed by atoms with Gasteiger partial charge in [0.15, 0.2) is 5.96 Å². The number of nitrogens with one attached hydrogen (secondary N) is 2. The van der Waals surface area contributed by atoms with Crippen molar-refractivity contribution in [1.29, 1.82) is 0 Å². The van der Waals surface area contributed by atoms with Gasteiger partial charge >= 0.3 is 0 Å². The fourth-order valence-corrected chi connectivity index (χ4v) is 3.50. The predicted molar refractivity (Wildman–Crippen MR) is 120 cm³/mol. The molecule has 0 aromatic heterocycles. The molecule has 0 aliphatic carbocycles. The van der Waals surface area contributed by atoms with E-state index >= 15 is 0 Å². The minimum absolute atomic E-state index is 0. The minimum atomic E-state index is -3.46. The van der Waals surface area contributed by atoms with E-state index in [1.54, 1.807) is 19.2 Å². The molecule has 0 radical (unpaired) electrons. The molecule has 0 saturated carbocycles. The first-order chi connectivity index (χ1) is 11.8. The van der Waals surface area contributed by atoms with E-state index in [9.17, 15) is 8.42 Å². The molecule has 0 fully saturated rings. The summed E-state index contributed by atoms with van der Waals surface area (Å²) in [4.78, 5) is 4.52. The van der Waals surface area contributed by atoms with Gasteiger partial charge in [-0.15, -0.1) is 24.0 Å². The summed E-state index contributed by atoms with van der Waals surface area (Å²) in [6.45, 7) is 5.71. The van der Waals surface area contributed by atoms with Gasteiger partial charge in [-0.25, -0.2) is 12.7 Å². The molecule has 6 nitrogen and oxygen atoms in total. The molecule has 8 heteroatoms. The number of unbranched alkanes of at least 4 members (excludes halogenated alkanes) is 1. The van der Waals surface area contributed by atoms with Crippen LogP contribution in [0.25, 0.3) is 0 Å².